The molecule has 0 spiro atoms. The van der Waals surface area contributed by atoms with E-state index in [1.807, 2.05) is 0 Å². The zero-order chi connectivity index (χ0) is 13.5. The predicted octanol–water partition coefficient (Wildman–Crippen LogP) is 1.41. The van der Waals surface area contributed by atoms with Crippen molar-refractivity contribution in [1.29, 1.82) is 0 Å². The third kappa shape index (κ3) is 3.23. The highest BCUT2D eigenvalue weighted by Gasteiger charge is 2.18. The molecule has 1 rings (SSSR count). The molecule has 1 aromatic carbocycles. The van der Waals surface area contributed by atoms with Crippen LogP contribution in [-0.2, 0) is 4.79 Å². The molecule has 0 saturated heterocycles. The summed E-state index contributed by atoms with van der Waals surface area (Å²) >= 11 is 0. The molecule has 1 aromatic rings. The molecule has 0 unspecified atom stereocenters. The summed E-state index contributed by atoms with van der Waals surface area (Å²) in [6.07, 6.45) is 0.271. The largest absolute Gasteiger partial charge is 0.496 e. The molecule has 5 heteroatoms. The van der Waals surface area contributed by atoms with Crippen LogP contribution >= 0.6 is 0 Å². The van der Waals surface area contributed by atoms with Crippen molar-refractivity contribution in [2.75, 3.05) is 21.3 Å². The number of hydrogen-bond donors (Lipinski definition) is 1. The Morgan fingerprint density at radius 2 is 1.67 bits per heavy atom. The Bertz CT molecular complexity index is 420. The molecule has 0 aliphatic carbocycles. The van der Waals surface area contributed by atoms with Gasteiger partial charge in [-0.25, -0.2) is 0 Å². The van der Waals surface area contributed by atoms with Gasteiger partial charge in [-0.1, -0.05) is 6.07 Å². The molecular formula is C13H17NO4. The van der Waals surface area contributed by atoms with Crippen molar-refractivity contribution in [3.63, 3.8) is 0 Å². The van der Waals surface area contributed by atoms with Crippen LogP contribution in [0, 0.1) is 0 Å². The van der Waals surface area contributed by atoms with Gasteiger partial charge in [-0.2, -0.15) is 0 Å². The number of methoxy groups -OCH3 is 2. The van der Waals surface area contributed by atoms with Gasteiger partial charge in [0.15, 0.2) is 5.78 Å². The van der Waals surface area contributed by atoms with Crippen LogP contribution in [0.25, 0.3) is 0 Å². The van der Waals surface area contributed by atoms with Crippen molar-refractivity contribution in [3.05, 3.63) is 23.8 Å². The highest BCUT2D eigenvalue weighted by molar-refractivity contribution is 6.02. The number of hydrogen-bond acceptors (Lipinski definition) is 4. The SMILES string of the molecule is CNC(=O)CCC(=O)c1c(OC)cccc1OC. The number of benzene rings is 1. The van der Waals surface area contributed by atoms with Crippen LogP contribution in [0.3, 0.4) is 0 Å². The standard InChI is InChI=1S/C13H17NO4/c1-14-12(16)8-7-9(15)13-10(17-2)5-4-6-11(13)18-3/h4-6H,7-8H2,1-3H3,(H,14,16). The van der Waals surface area contributed by atoms with Gasteiger partial charge in [-0.05, 0) is 12.1 Å². The monoisotopic (exact) mass is 251 g/mol. The first-order valence-electron chi connectivity index (χ1n) is 5.58. The summed E-state index contributed by atoms with van der Waals surface area (Å²) in [5.74, 6) is 0.567. The van der Waals surface area contributed by atoms with Crippen LogP contribution in [0.5, 0.6) is 11.5 Å². The molecule has 5 nitrogen and oxygen atoms in total. The maximum atomic E-state index is 12.1. The molecule has 0 bridgehead atoms. The van der Waals surface area contributed by atoms with E-state index in [0.29, 0.717) is 17.1 Å². The van der Waals surface area contributed by atoms with Crippen LogP contribution in [0.2, 0.25) is 0 Å². The average molecular weight is 251 g/mol. The lowest BCUT2D eigenvalue weighted by atomic mass is 10.0. The number of amides is 1. The quantitative estimate of drug-likeness (QED) is 0.776. The lowest BCUT2D eigenvalue weighted by Gasteiger charge is -2.11. The Balaban J connectivity index is 2.93. The van der Waals surface area contributed by atoms with Crippen LogP contribution in [0.4, 0.5) is 0 Å². The van der Waals surface area contributed by atoms with Gasteiger partial charge >= 0.3 is 0 Å². The van der Waals surface area contributed by atoms with Crippen molar-refractivity contribution in [2.45, 2.75) is 12.8 Å². The van der Waals surface area contributed by atoms with Crippen molar-refractivity contribution < 1.29 is 19.1 Å². The van der Waals surface area contributed by atoms with Gasteiger partial charge in [0, 0.05) is 19.9 Å². The van der Waals surface area contributed by atoms with Gasteiger partial charge in [-0.15, -0.1) is 0 Å². The highest BCUT2D eigenvalue weighted by atomic mass is 16.5. The van der Waals surface area contributed by atoms with E-state index in [1.54, 1.807) is 18.2 Å². The summed E-state index contributed by atoms with van der Waals surface area (Å²) < 4.78 is 10.3. The first-order valence-corrected chi connectivity index (χ1v) is 5.58. The second-order valence-electron chi connectivity index (χ2n) is 3.63. The smallest absolute Gasteiger partial charge is 0.220 e. The van der Waals surface area contributed by atoms with Crippen molar-refractivity contribution in [3.8, 4) is 11.5 Å². The fourth-order valence-corrected chi connectivity index (χ4v) is 1.60. The van der Waals surface area contributed by atoms with Crippen LogP contribution in [0.15, 0.2) is 18.2 Å². The zero-order valence-corrected chi connectivity index (χ0v) is 10.8. The minimum Gasteiger partial charge on any atom is -0.496 e. The zero-order valence-electron chi connectivity index (χ0n) is 10.8. The Hall–Kier alpha value is -2.04. The molecule has 0 saturated carbocycles. The number of Topliss-reactive ketones (excluding diaryl/α,β-unsaturated/α-hetero) is 1. The molecule has 0 aliphatic heterocycles. The number of carbonyl (C=O) groups excluding carboxylic acids is 2. The maximum absolute atomic E-state index is 12.1. The molecule has 0 aliphatic rings. The lowest BCUT2D eigenvalue weighted by molar-refractivity contribution is -0.120. The fourth-order valence-electron chi connectivity index (χ4n) is 1.60. The van der Waals surface area contributed by atoms with E-state index >= 15 is 0 Å². The summed E-state index contributed by atoms with van der Waals surface area (Å²) in [6, 6.07) is 5.12. The van der Waals surface area contributed by atoms with Gasteiger partial charge in [0.05, 0.1) is 14.2 Å². The van der Waals surface area contributed by atoms with E-state index in [4.69, 9.17) is 9.47 Å². The Labute approximate surface area is 106 Å². The first kappa shape index (κ1) is 14.0. The maximum Gasteiger partial charge on any atom is 0.220 e. The number of rotatable bonds is 6. The summed E-state index contributed by atoms with van der Waals surface area (Å²) in [5.41, 5.74) is 0.381. The van der Waals surface area contributed by atoms with Crippen molar-refractivity contribution in [2.24, 2.45) is 0 Å². The van der Waals surface area contributed by atoms with Gasteiger partial charge in [-0.3, -0.25) is 9.59 Å². The molecule has 18 heavy (non-hydrogen) atoms. The molecule has 1 amide bonds. The minimum absolute atomic E-state index is 0.121. The van der Waals surface area contributed by atoms with Crippen LogP contribution < -0.4 is 14.8 Å². The van der Waals surface area contributed by atoms with Gasteiger partial charge < -0.3 is 14.8 Å². The molecule has 0 radical (unpaired) electrons. The Kier molecular flexibility index (Phi) is 5.17. The molecule has 0 atom stereocenters. The van der Waals surface area contributed by atoms with Crippen molar-refractivity contribution >= 4 is 11.7 Å². The minimum atomic E-state index is -0.173. The van der Waals surface area contributed by atoms with E-state index in [2.05, 4.69) is 5.32 Å². The third-order valence-corrected chi connectivity index (χ3v) is 2.56. The fraction of sp³-hybridized carbons (Fsp3) is 0.385. The molecule has 0 heterocycles. The summed E-state index contributed by atoms with van der Waals surface area (Å²) in [7, 11) is 4.52. The molecular weight excluding hydrogens is 234 g/mol. The van der Waals surface area contributed by atoms with Gasteiger partial charge in [0.1, 0.15) is 17.1 Å². The van der Waals surface area contributed by atoms with E-state index in [1.165, 1.54) is 21.3 Å². The van der Waals surface area contributed by atoms with Crippen LogP contribution in [0.1, 0.15) is 23.2 Å². The number of ketones is 1. The second-order valence-corrected chi connectivity index (χ2v) is 3.63. The van der Waals surface area contributed by atoms with E-state index < -0.39 is 0 Å². The Morgan fingerprint density at radius 1 is 1.11 bits per heavy atom. The van der Waals surface area contributed by atoms with Crippen LogP contribution in [-0.4, -0.2) is 33.0 Å². The number of carbonyl (C=O) groups is 2. The molecule has 1 N–H and O–H groups in total. The normalized spacial score (nSPS) is 9.72. The molecule has 98 valence electrons. The average Bonchev–Trinajstić information content (AvgIpc) is 2.43. The predicted molar refractivity (Wildman–Crippen MR) is 67.2 cm³/mol. The topological polar surface area (TPSA) is 64.6 Å². The van der Waals surface area contributed by atoms with E-state index in [9.17, 15) is 9.59 Å². The first-order chi connectivity index (χ1) is 8.63. The summed E-state index contributed by atoms with van der Waals surface area (Å²) in [5, 5.41) is 2.48. The van der Waals surface area contributed by atoms with Gasteiger partial charge in [0.2, 0.25) is 5.91 Å². The second kappa shape index (κ2) is 6.64. The van der Waals surface area contributed by atoms with Gasteiger partial charge in [0.25, 0.3) is 0 Å². The Morgan fingerprint density at radius 3 is 2.11 bits per heavy atom. The number of nitrogens with one attached hydrogen (secondary N) is 1. The highest BCUT2D eigenvalue weighted by Crippen LogP contribution is 2.29. The third-order valence-electron chi connectivity index (χ3n) is 2.56. The summed E-state index contributed by atoms with van der Waals surface area (Å²) in [6.45, 7) is 0. The lowest BCUT2D eigenvalue weighted by Crippen LogP contribution is -2.18. The molecule has 0 fully saturated rings. The van der Waals surface area contributed by atoms with E-state index in [0.717, 1.165) is 0 Å². The van der Waals surface area contributed by atoms with Crippen molar-refractivity contribution in [1.82, 2.24) is 5.32 Å². The number of ether oxygens (including phenoxy) is 2. The molecule has 0 aromatic heterocycles. The van der Waals surface area contributed by atoms with E-state index in [-0.39, 0.29) is 24.5 Å². The summed E-state index contributed by atoms with van der Waals surface area (Å²) in [4.78, 5) is 23.2.